The van der Waals surface area contributed by atoms with Crippen LogP contribution in [0.3, 0.4) is 0 Å². The summed E-state index contributed by atoms with van der Waals surface area (Å²) in [5.74, 6) is 0.226. The standard InChI is InChI=1S/C32H30ClIN6O3S/c33-32-38-28(36-17-19-8-7-13-22(34)16-19)24-29(39-32)40(18-37-24)31-26(42)25(41)27(44-31)30(43)35-15-14-23(20-9-3-1-4-10-20)21-11-5-2-6-12-21/h1-13,16,18,23,25-27,31,41-42H,14-15,17H2,(H,35,43)(H,36,38,39)/t25-,26+,27-,31+/m0/s1. The number of aliphatic hydroxyl groups is 2. The van der Waals surface area contributed by atoms with Crippen molar-refractivity contribution in [2.45, 2.75) is 41.7 Å². The SMILES string of the molecule is O=C(NCCC(c1ccccc1)c1ccccc1)[C@H]1S[C@@H](n2cnc3c(NCc4cccc(I)c4)nc(Cl)nc32)[C@H](O)[C@@H]1O. The number of hydrogen-bond donors (Lipinski definition) is 4. The Bertz CT molecular complexity index is 1710. The van der Waals surface area contributed by atoms with Crippen molar-refractivity contribution in [3.63, 3.8) is 0 Å². The van der Waals surface area contributed by atoms with E-state index in [1.54, 1.807) is 4.57 Å². The van der Waals surface area contributed by atoms with Crippen LogP contribution in [0.1, 0.15) is 34.4 Å². The number of halogens is 2. The Morgan fingerprint density at radius 1 is 0.977 bits per heavy atom. The quantitative estimate of drug-likeness (QED) is 0.111. The Labute approximate surface area is 277 Å². The lowest BCUT2D eigenvalue weighted by molar-refractivity contribution is -0.123. The molecule has 6 rings (SSSR count). The highest BCUT2D eigenvalue weighted by Crippen LogP contribution is 2.43. The molecule has 44 heavy (non-hydrogen) atoms. The number of carbonyl (C=O) groups excluding carboxylic acids is 1. The maximum atomic E-state index is 13.3. The van der Waals surface area contributed by atoms with Crippen molar-refractivity contribution in [2.75, 3.05) is 11.9 Å². The molecule has 0 bridgehead atoms. The zero-order chi connectivity index (χ0) is 30.6. The van der Waals surface area contributed by atoms with Gasteiger partial charge >= 0.3 is 0 Å². The Morgan fingerprint density at radius 3 is 2.36 bits per heavy atom. The molecule has 0 aliphatic carbocycles. The average Bonchev–Trinajstić information content (AvgIpc) is 3.58. The van der Waals surface area contributed by atoms with E-state index in [1.807, 2.05) is 54.6 Å². The number of aliphatic hydroxyl groups excluding tert-OH is 2. The van der Waals surface area contributed by atoms with Crippen LogP contribution in [0.25, 0.3) is 11.2 Å². The first kappa shape index (κ1) is 30.8. The summed E-state index contributed by atoms with van der Waals surface area (Å²) in [6.45, 7) is 0.910. The van der Waals surface area contributed by atoms with Crippen molar-refractivity contribution in [2.24, 2.45) is 0 Å². The van der Waals surface area contributed by atoms with Crippen molar-refractivity contribution < 1.29 is 15.0 Å². The molecule has 4 N–H and O–H groups in total. The number of imidazole rings is 1. The highest BCUT2D eigenvalue weighted by atomic mass is 127. The van der Waals surface area contributed by atoms with Gasteiger partial charge in [-0.15, -0.1) is 11.8 Å². The van der Waals surface area contributed by atoms with E-state index in [4.69, 9.17) is 11.6 Å². The largest absolute Gasteiger partial charge is 0.389 e. The molecule has 2 aromatic heterocycles. The lowest BCUT2D eigenvalue weighted by Gasteiger charge is -2.20. The van der Waals surface area contributed by atoms with Crippen LogP contribution in [0.5, 0.6) is 0 Å². The zero-order valence-electron chi connectivity index (χ0n) is 23.4. The lowest BCUT2D eigenvalue weighted by Crippen LogP contribution is -2.41. The average molecular weight is 741 g/mol. The summed E-state index contributed by atoms with van der Waals surface area (Å²) in [4.78, 5) is 26.5. The van der Waals surface area contributed by atoms with Crippen molar-refractivity contribution >= 4 is 68.8 Å². The van der Waals surface area contributed by atoms with E-state index in [0.29, 0.717) is 36.5 Å². The Kier molecular flexibility index (Phi) is 9.67. The summed E-state index contributed by atoms with van der Waals surface area (Å²) in [7, 11) is 0. The van der Waals surface area contributed by atoms with Crippen LogP contribution in [0.15, 0.2) is 91.3 Å². The van der Waals surface area contributed by atoms with Crippen LogP contribution in [0, 0.1) is 3.57 Å². The van der Waals surface area contributed by atoms with E-state index in [9.17, 15) is 15.0 Å². The molecule has 1 aliphatic rings. The van der Waals surface area contributed by atoms with Crippen molar-refractivity contribution in [1.29, 1.82) is 0 Å². The number of nitrogens with one attached hydrogen (secondary N) is 2. The van der Waals surface area contributed by atoms with Gasteiger partial charge in [-0.05, 0) is 69.4 Å². The van der Waals surface area contributed by atoms with E-state index >= 15 is 0 Å². The minimum atomic E-state index is -1.28. The Hall–Kier alpha value is -3.23. The predicted octanol–water partition coefficient (Wildman–Crippen LogP) is 5.37. The summed E-state index contributed by atoms with van der Waals surface area (Å²) in [5, 5.41) is 26.7. The van der Waals surface area contributed by atoms with E-state index in [2.05, 4.69) is 78.5 Å². The number of aromatic nitrogens is 4. The summed E-state index contributed by atoms with van der Waals surface area (Å²) >= 11 is 9.73. The number of benzene rings is 3. The van der Waals surface area contributed by atoms with Crippen molar-refractivity contribution in [3.05, 3.63) is 117 Å². The zero-order valence-corrected chi connectivity index (χ0v) is 27.2. The van der Waals surface area contributed by atoms with E-state index < -0.39 is 22.8 Å². The third-order valence-electron chi connectivity index (χ3n) is 7.65. The van der Waals surface area contributed by atoms with Crippen LogP contribution in [0.4, 0.5) is 5.82 Å². The molecule has 0 unspecified atom stereocenters. The highest BCUT2D eigenvalue weighted by molar-refractivity contribution is 14.1. The molecule has 0 radical (unpaired) electrons. The summed E-state index contributed by atoms with van der Waals surface area (Å²) < 4.78 is 2.76. The smallest absolute Gasteiger partial charge is 0.235 e. The first-order valence-electron chi connectivity index (χ1n) is 14.2. The normalized spacial score (nSPS) is 19.8. The number of carbonyl (C=O) groups is 1. The fraction of sp³-hybridized carbons (Fsp3) is 0.250. The second kappa shape index (κ2) is 13.8. The van der Waals surface area contributed by atoms with Gasteiger partial charge in [0.1, 0.15) is 22.8 Å². The van der Waals surface area contributed by atoms with E-state index in [1.165, 1.54) is 29.2 Å². The van der Waals surface area contributed by atoms with Crippen molar-refractivity contribution in [3.8, 4) is 0 Å². The molecular weight excluding hydrogens is 711 g/mol. The van der Waals surface area contributed by atoms with Crippen LogP contribution in [-0.4, -0.2) is 59.6 Å². The number of nitrogens with zero attached hydrogens (tertiary/aromatic N) is 4. The lowest BCUT2D eigenvalue weighted by atomic mass is 9.88. The molecule has 5 aromatic rings. The minimum Gasteiger partial charge on any atom is -0.389 e. The van der Waals surface area contributed by atoms with Gasteiger partial charge in [0.2, 0.25) is 11.2 Å². The highest BCUT2D eigenvalue weighted by Gasteiger charge is 2.47. The van der Waals surface area contributed by atoms with Crippen molar-refractivity contribution in [1.82, 2.24) is 24.8 Å². The van der Waals surface area contributed by atoms with Crippen LogP contribution in [0.2, 0.25) is 5.28 Å². The molecule has 0 spiro atoms. The maximum absolute atomic E-state index is 13.3. The first-order valence-corrected chi connectivity index (χ1v) is 16.6. The summed E-state index contributed by atoms with van der Waals surface area (Å²) in [6, 6.07) is 28.4. The minimum absolute atomic E-state index is 0.0168. The van der Waals surface area contributed by atoms with Gasteiger partial charge in [0, 0.05) is 22.6 Å². The fourth-order valence-corrected chi connectivity index (χ4v) is 7.68. The Morgan fingerprint density at radius 2 is 1.68 bits per heavy atom. The molecule has 3 heterocycles. The van der Waals surface area contributed by atoms with E-state index in [0.717, 1.165) is 9.13 Å². The first-order chi connectivity index (χ1) is 21.4. The molecule has 0 saturated carbocycles. The molecular formula is C32H30ClIN6O3S. The van der Waals surface area contributed by atoms with Crippen LogP contribution in [-0.2, 0) is 11.3 Å². The second-order valence-electron chi connectivity index (χ2n) is 10.5. The number of anilines is 1. The fourth-order valence-electron chi connectivity index (χ4n) is 5.47. The van der Waals surface area contributed by atoms with Gasteiger partial charge in [-0.2, -0.15) is 9.97 Å². The monoisotopic (exact) mass is 740 g/mol. The molecule has 1 saturated heterocycles. The number of thioether (sulfide) groups is 1. The van der Waals surface area contributed by atoms with Gasteiger partial charge in [0.15, 0.2) is 17.0 Å². The van der Waals surface area contributed by atoms with Crippen LogP contribution >= 0.6 is 46.0 Å². The molecule has 1 aliphatic heterocycles. The Balaban J connectivity index is 1.14. The number of hydrogen-bond acceptors (Lipinski definition) is 8. The number of fused-ring (bicyclic) bond motifs is 1. The predicted molar refractivity (Wildman–Crippen MR) is 182 cm³/mol. The molecule has 3 aromatic carbocycles. The van der Waals surface area contributed by atoms with Gasteiger partial charge in [-0.3, -0.25) is 9.36 Å². The second-order valence-corrected chi connectivity index (χ2v) is 13.4. The van der Waals surface area contributed by atoms with Gasteiger partial charge in [-0.25, -0.2) is 4.98 Å². The molecule has 9 nitrogen and oxygen atoms in total. The third kappa shape index (κ3) is 6.71. The maximum Gasteiger partial charge on any atom is 0.235 e. The topological polar surface area (TPSA) is 125 Å². The van der Waals surface area contributed by atoms with Gasteiger partial charge < -0.3 is 20.8 Å². The van der Waals surface area contributed by atoms with Crippen LogP contribution < -0.4 is 10.6 Å². The molecule has 12 heteroatoms. The molecule has 4 atom stereocenters. The van der Waals surface area contributed by atoms with Gasteiger partial charge in [0.25, 0.3) is 0 Å². The number of rotatable bonds is 10. The molecule has 226 valence electrons. The van der Waals surface area contributed by atoms with E-state index in [-0.39, 0.29) is 17.1 Å². The van der Waals surface area contributed by atoms with Gasteiger partial charge in [-0.1, -0.05) is 72.8 Å². The third-order valence-corrected chi connectivity index (χ3v) is 10.1. The number of amides is 1. The molecule has 1 amide bonds. The van der Waals surface area contributed by atoms with Gasteiger partial charge in [0.05, 0.1) is 6.33 Å². The summed E-state index contributed by atoms with van der Waals surface area (Å²) in [6.07, 6.45) is -0.300. The molecule has 1 fully saturated rings. The summed E-state index contributed by atoms with van der Waals surface area (Å²) in [5.41, 5.74) is 4.27.